The Labute approximate surface area is 155 Å². The van der Waals surface area contributed by atoms with E-state index in [1.165, 1.54) is 16.1 Å². The molecule has 0 radical (unpaired) electrons. The molecule has 2 heterocycles. The number of aryl methyl sites for hydroxylation is 2. The Balaban J connectivity index is 1.78. The zero-order valence-corrected chi connectivity index (χ0v) is 15.7. The van der Waals surface area contributed by atoms with Gasteiger partial charge in [0.05, 0.1) is 5.56 Å². The summed E-state index contributed by atoms with van der Waals surface area (Å²) in [6.45, 7) is 3.71. The van der Waals surface area contributed by atoms with Crippen LogP contribution in [0.4, 0.5) is 8.78 Å². The Hall–Kier alpha value is -2.33. The second-order valence-corrected chi connectivity index (χ2v) is 8.20. The van der Waals surface area contributed by atoms with Gasteiger partial charge in [-0.3, -0.25) is 4.79 Å². The van der Waals surface area contributed by atoms with E-state index in [4.69, 9.17) is 4.52 Å². The van der Waals surface area contributed by atoms with Crippen molar-refractivity contribution in [3.05, 3.63) is 46.9 Å². The van der Waals surface area contributed by atoms with Crippen LogP contribution in [0.5, 0.6) is 0 Å². The molecule has 1 saturated heterocycles. The summed E-state index contributed by atoms with van der Waals surface area (Å²) in [4.78, 5) is 14.0. The van der Waals surface area contributed by atoms with Crippen LogP contribution < -0.4 is 0 Å². The second kappa shape index (κ2) is 7.35. The topological polar surface area (TPSA) is 83.7 Å². The van der Waals surface area contributed by atoms with Crippen LogP contribution in [0, 0.1) is 25.5 Å². The molecule has 0 bridgehead atoms. The fourth-order valence-corrected chi connectivity index (χ4v) is 4.90. The quantitative estimate of drug-likeness (QED) is 0.789. The van der Waals surface area contributed by atoms with Crippen LogP contribution in [0.15, 0.2) is 27.6 Å². The van der Waals surface area contributed by atoms with Gasteiger partial charge in [0.2, 0.25) is 10.0 Å². The van der Waals surface area contributed by atoms with Gasteiger partial charge in [0.25, 0.3) is 5.91 Å². The van der Waals surface area contributed by atoms with E-state index in [9.17, 15) is 22.0 Å². The molecule has 3 rings (SSSR count). The molecule has 0 atom stereocenters. The average molecular weight is 399 g/mol. The molecule has 7 nitrogen and oxygen atoms in total. The molecular weight excluding hydrogens is 380 g/mol. The van der Waals surface area contributed by atoms with E-state index in [0.29, 0.717) is 12.5 Å². The Bertz CT molecular complexity index is 955. The summed E-state index contributed by atoms with van der Waals surface area (Å²) in [5, 5.41) is 3.68. The fourth-order valence-electron chi connectivity index (χ4n) is 3.14. The molecule has 10 heteroatoms. The van der Waals surface area contributed by atoms with E-state index in [-0.39, 0.29) is 48.1 Å². The fraction of sp³-hybridized carbons (Fsp3) is 0.412. The Morgan fingerprint density at radius 2 is 1.89 bits per heavy atom. The summed E-state index contributed by atoms with van der Waals surface area (Å²) in [5.74, 6) is -2.09. The average Bonchev–Trinajstić information content (AvgIpc) is 2.81. The Morgan fingerprint density at radius 3 is 2.52 bits per heavy atom. The van der Waals surface area contributed by atoms with Crippen molar-refractivity contribution in [1.82, 2.24) is 14.4 Å². The number of hydrogen-bond acceptors (Lipinski definition) is 5. The summed E-state index contributed by atoms with van der Waals surface area (Å²) in [6.07, 6.45) is 0.386. The number of amides is 1. The van der Waals surface area contributed by atoms with Crippen LogP contribution in [0.2, 0.25) is 0 Å². The minimum absolute atomic E-state index is 0.0341. The number of rotatable bonds is 3. The van der Waals surface area contributed by atoms with E-state index >= 15 is 0 Å². The highest BCUT2D eigenvalue weighted by Gasteiger charge is 2.33. The van der Waals surface area contributed by atoms with Gasteiger partial charge in [-0.05, 0) is 32.4 Å². The van der Waals surface area contributed by atoms with Gasteiger partial charge in [0.15, 0.2) is 5.76 Å². The van der Waals surface area contributed by atoms with Crippen molar-refractivity contribution in [3.63, 3.8) is 0 Å². The van der Waals surface area contributed by atoms with Gasteiger partial charge in [0.1, 0.15) is 22.2 Å². The zero-order chi connectivity index (χ0) is 19.8. The Morgan fingerprint density at radius 1 is 1.15 bits per heavy atom. The molecule has 27 heavy (non-hydrogen) atoms. The molecule has 1 aliphatic rings. The third-order valence-corrected chi connectivity index (χ3v) is 6.61. The predicted molar refractivity (Wildman–Crippen MR) is 91.6 cm³/mol. The van der Waals surface area contributed by atoms with Crippen molar-refractivity contribution in [2.45, 2.75) is 25.2 Å². The normalized spacial score (nSPS) is 16.4. The van der Waals surface area contributed by atoms with Gasteiger partial charge >= 0.3 is 0 Å². The van der Waals surface area contributed by atoms with Crippen molar-refractivity contribution in [2.24, 2.45) is 0 Å². The molecule has 0 spiro atoms. The maximum atomic E-state index is 13.9. The monoisotopic (exact) mass is 399 g/mol. The molecule has 1 amide bonds. The van der Waals surface area contributed by atoms with Gasteiger partial charge in [-0.15, -0.1) is 0 Å². The summed E-state index contributed by atoms with van der Waals surface area (Å²) in [6, 6.07) is 2.76. The molecule has 0 saturated carbocycles. The summed E-state index contributed by atoms with van der Waals surface area (Å²) < 4.78 is 59.0. The van der Waals surface area contributed by atoms with E-state index < -0.39 is 27.6 Å². The van der Waals surface area contributed by atoms with Gasteiger partial charge in [-0.1, -0.05) is 5.16 Å². The maximum Gasteiger partial charge on any atom is 0.256 e. The van der Waals surface area contributed by atoms with Crippen LogP contribution >= 0.6 is 0 Å². The van der Waals surface area contributed by atoms with Crippen molar-refractivity contribution in [1.29, 1.82) is 0 Å². The minimum Gasteiger partial charge on any atom is -0.360 e. The van der Waals surface area contributed by atoms with E-state index in [1.807, 2.05) is 0 Å². The highest BCUT2D eigenvalue weighted by molar-refractivity contribution is 7.89. The van der Waals surface area contributed by atoms with Gasteiger partial charge < -0.3 is 9.42 Å². The molecule has 0 N–H and O–H groups in total. The van der Waals surface area contributed by atoms with Crippen LogP contribution in [0.25, 0.3) is 0 Å². The maximum absolute atomic E-state index is 13.9. The molecular formula is C17H19F2N3O4S. The number of hydrogen-bond donors (Lipinski definition) is 0. The molecule has 146 valence electrons. The SMILES string of the molecule is Cc1noc(C)c1S(=O)(=O)N1CCCN(C(=O)c2ccc(F)cc2F)CC1. The summed E-state index contributed by atoms with van der Waals surface area (Å²) in [7, 11) is -3.82. The lowest BCUT2D eigenvalue weighted by atomic mass is 10.1. The summed E-state index contributed by atoms with van der Waals surface area (Å²) >= 11 is 0. The zero-order valence-electron chi connectivity index (χ0n) is 14.9. The van der Waals surface area contributed by atoms with Crippen LogP contribution in [-0.4, -0.2) is 54.9 Å². The van der Waals surface area contributed by atoms with Crippen molar-refractivity contribution >= 4 is 15.9 Å². The van der Waals surface area contributed by atoms with E-state index in [1.54, 1.807) is 6.92 Å². The number of halogens is 2. The van der Waals surface area contributed by atoms with Crippen molar-refractivity contribution < 1.29 is 26.5 Å². The number of benzene rings is 1. The van der Waals surface area contributed by atoms with Crippen molar-refractivity contribution in [2.75, 3.05) is 26.2 Å². The third-order valence-electron chi connectivity index (χ3n) is 4.47. The van der Waals surface area contributed by atoms with Gasteiger partial charge in [-0.25, -0.2) is 17.2 Å². The van der Waals surface area contributed by atoms with Gasteiger partial charge in [-0.2, -0.15) is 4.31 Å². The first-order valence-corrected chi connectivity index (χ1v) is 9.83. The number of aromatic nitrogens is 1. The van der Waals surface area contributed by atoms with Crippen LogP contribution in [0.1, 0.15) is 28.2 Å². The molecule has 0 aliphatic carbocycles. The first kappa shape index (κ1) is 19.4. The lowest BCUT2D eigenvalue weighted by Crippen LogP contribution is -2.37. The smallest absolute Gasteiger partial charge is 0.256 e. The highest BCUT2D eigenvalue weighted by atomic mass is 32.2. The van der Waals surface area contributed by atoms with Crippen LogP contribution in [-0.2, 0) is 10.0 Å². The van der Waals surface area contributed by atoms with Crippen molar-refractivity contribution in [3.8, 4) is 0 Å². The first-order chi connectivity index (χ1) is 12.7. The summed E-state index contributed by atoms with van der Waals surface area (Å²) in [5.41, 5.74) is 0.0384. The molecule has 1 fully saturated rings. The molecule has 1 aliphatic heterocycles. The highest BCUT2D eigenvalue weighted by Crippen LogP contribution is 2.24. The number of sulfonamides is 1. The Kier molecular flexibility index (Phi) is 5.29. The number of nitrogens with zero attached hydrogens (tertiary/aromatic N) is 3. The predicted octanol–water partition coefficient (Wildman–Crippen LogP) is 2.11. The molecule has 2 aromatic rings. The van der Waals surface area contributed by atoms with E-state index in [2.05, 4.69) is 5.16 Å². The molecule has 0 unspecified atom stereocenters. The lowest BCUT2D eigenvalue weighted by Gasteiger charge is -2.22. The lowest BCUT2D eigenvalue weighted by molar-refractivity contribution is 0.0759. The molecule has 1 aromatic heterocycles. The second-order valence-electron chi connectivity index (χ2n) is 6.33. The largest absolute Gasteiger partial charge is 0.360 e. The minimum atomic E-state index is -3.82. The van der Waals surface area contributed by atoms with Gasteiger partial charge in [0, 0.05) is 32.2 Å². The molecule has 1 aromatic carbocycles. The first-order valence-electron chi connectivity index (χ1n) is 8.39. The number of carbonyl (C=O) groups is 1. The standard InChI is InChI=1S/C17H19F2N3O4S/c1-11-16(12(2)26-20-11)27(24,25)22-7-3-6-21(8-9-22)17(23)14-5-4-13(18)10-15(14)19/h4-5,10H,3,6-9H2,1-2H3. The van der Waals surface area contributed by atoms with E-state index in [0.717, 1.165) is 12.1 Å². The van der Waals surface area contributed by atoms with Crippen LogP contribution in [0.3, 0.4) is 0 Å². The number of carbonyl (C=O) groups excluding carboxylic acids is 1. The third kappa shape index (κ3) is 3.72.